The average molecular weight is 501 g/mol. The van der Waals surface area contributed by atoms with Gasteiger partial charge in [0.05, 0.1) is 0 Å². The lowest BCUT2D eigenvalue weighted by Gasteiger charge is -2.31. The number of nitrogens with one attached hydrogen (secondary N) is 1. The summed E-state index contributed by atoms with van der Waals surface area (Å²) in [7, 11) is 0. The zero-order valence-electron chi connectivity index (χ0n) is 19.2. The molecule has 1 atom stereocenters. The van der Waals surface area contributed by atoms with Gasteiger partial charge in [0.25, 0.3) is 5.91 Å². The normalized spacial score (nSPS) is 15.1. The maximum absolute atomic E-state index is 13.2. The molecule has 2 amide bonds. The third kappa shape index (κ3) is 7.09. The van der Waals surface area contributed by atoms with E-state index in [0.29, 0.717) is 12.3 Å². The van der Waals surface area contributed by atoms with E-state index in [1.54, 1.807) is 11.8 Å². The van der Waals surface area contributed by atoms with E-state index in [-0.39, 0.29) is 24.5 Å². The predicted octanol–water partition coefficient (Wildman–Crippen LogP) is 5.31. The summed E-state index contributed by atoms with van der Waals surface area (Å²) < 4.78 is 6.79. The molecule has 0 aliphatic heterocycles. The Kier molecular flexibility index (Phi) is 8.74. The van der Waals surface area contributed by atoms with Gasteiger partial charge in [-0.3, -0.25) is 9.59 Å². The summed E-state index contributed by atoms with van der Waals surface area (Å²) >= 11 is 3.45. The number of carbonyl (C=O) groups excluding carboxylic acids is 2. The first-order valence-electron chi connectivity index (χ1n) is 11.4. The second-order valence-electron chi connectivity index (χ2n) is 8.78. The van der Waals surface area contributed by atoms with E-state index in [9.17, 15) is 9.59 Å². The van der Waals surface area contributed by atoms with Gasteiger partial charge < -0.3 is 15.0 Å². The molecule has 1 saturated carbocycles. The number of aryl methyl sites for hydroxylation is 2. The van der Waals surface area contributed by atoms with Gasteiger partial charge in [0.1, 0.15) is 11.8 Å². The number of hydrogen-bond acceptors (Lipinski definition) is 3. The van der Waals surface area contributed by atoms with Crippen LogP contribution in [0.2, 0.25) is 0 Å². The minimum Gasteiger partial charge on any atom is -0.484 e. The van der Waals surface area contributed by atoms with Crippen molar-refractivity contribution in [3.8, 4) is 5.75 Å². The fourth-order valence-corrected chi connectivity index (χ4v) is 4.45. The van der Waals surface area contributed by atoms with Crippen LogP contribution in [0.3, 0.4) is 0 Å². The third-order valence-corrected chi connectivity index (χ3v) is 6.47. The van der Waals surface area contributed by atoms with Crippen LogP contribution in [-0.2, 0) is 16.1 Å². The van der Waals surface area contributed by atoms with Gasteiger partial charge in [-0.15, -0.1) is 0 Å². The Morgan fingerprint density at radius 1 is 1.06 bits per heavy atom. The fraction of sp³-hybridized carbons (Fsp3) is 0.462. The molecule has 0 spiro atoms. The summed E-state index contributed by atoms with van der Waals surface area (Å²) in [5.74, 6) is 0.353. The van der Waals surface area contributed by atoms with Crippen molar-refractivity contribution in [2.75, 3.05) is 6.61 Å². The number of rotatable bonds is 8. The predicted molar refractivity (Wildman–Crippen MR) is 131 cm³/mol. The highest BCUT2D eigenvalue weighted by atomic mass is 79.9. The Morgan fingerprint density at radius 3 is 2.31 bits per heavy atom. The molecule has 172 valence electrons. The van der Waals surface area contributed by atoms with Crippen molar-refractivity contribution in [1.82, 2.24) is 10.2 Å². The summed E-state index contributed by atoms with van der Waals surface area (Å²) in [5.41, 5.74) is 3.13. The van der Waals surface area contributed by atoms with Gasteiger partial charge in [-0.05, 0) is 74.6 Å². The lowest BCUT2D eigenvalue weighted by atomic mass is 9.95. The highest BCUT2D eigenvalue weighted by molar-refractivity contribution is 9.10. The van der Waals surface area contributed by atoms with Crippen LogP contribution in [0.4, 0.5) is 0 Å². The molecule has 0 unspecified atom stereocenters. The maximum Gasteiger partial charge on any atom is 0.261 e. The van der Waals surface area contributed by atoms with Gasteiger partial charge in [-0.1, -0.05) is 53.4 Å². The number of hydrogen-bond donors (Lipinski definition) is 1. The van der Waals surface area contributed by atoms with Crippen LogP contribution in [0, 0.1) is 13.8 Å². The monoisotopic (exact) mass is 500 g/mol. The second-order valence-corrected chi connectivity index (χ2v) is 9.70. The Morgan fingerprint density at radius 2 is 1.69 bits per heavy atom. The molecule has 0 bridgehead atoms. The van der Waals surface area contributed by atoms with Crippen LogP contribution in [0.15, 0.2) is 46.9 Å². The molecular weight excluding hydrogens is 468 g/mol. The van der Waals surface area contributed by atoms with Crippen molar-refractivity contribution in [1.29, 1.82) is 0 Å². The summed E-state index contributed by atoms with van der Waals surface area (Å²) in [5, 5.41) is 3.16. The van der Waals surface area contributed by atoms with E-state index in [1.807, 2.05) is 50.2 Å². The van der Waals surface area contributed by atoms with Crippen molar-refractivity contribution >= 4 is 27.7 Å². The molecule has 0 aromatic heterocycles. The van der Waals surface area contributed by atoms with E-state index in [4.69, 9.17) is 4.74 Å². The van der Waals surface area contributed by atoms with Gasteiger partial charge in [0.2, 0.25) is 5.91 Å². The van der Waals surface area contributed by atoms with Crippen molar-refractivity contribution in [2.24, 2.45) is 0 Å². The van der Waals surface area contributed by atoms with Crippen molar-refractivity contribution in [3.05, 3.63) is 63.6 Å². The second kappa shape index (κ2) is 11.5. The van der Waals surface area contributed by atoms with Crippen molar-refractivity contribution in [3.63, 3.8) is 0 Å². The summed E-state index contributed by atoms with van der Waals surface area (Å²) in [4.78, 5) is 27.8. The van der Waals surface area contributed by atoms with E-state index >= 15 is 0 Å². The molecule has 1 aliphatic rings. The molecular formula is C26H33BrN2O3. The van der Waals surface area contributed by atoms with E-state index in [1.165, 1.54) is 6.42 Å². The largest absolute Gasteiger partial charge is 0.484 e. The standard InChI is InChI=1S/C26H33BrN2O3/c1-18-13-19(2)15-24(14-18)32-17-25(30)29(16-21-9-11-22(27)12-10-21)20(3)26(31)28-23-7-5-4-6-8-23/h9-15,20,23H,4-8,16-17H2,1-3H3,(H,28,31)/t20-/m0/s1. The van der Waals surface area contributed by atoms with Gasteiger partial charge >= 0.3 is 0 Å². The van der Waals surface area contributed by atoms with E-state index < -0.39 is 6.04 Å². The number of carbonyl (C=O) groups is 2. The average Bonchev–Trinajstić information content (AvgIpc) is 2.76. The topological polar surface area (TPSA) is 58.6 Å². The molecule has 3 rings (SSSR count). The van der Waals surface area contributed by atoms with E-state index in [2.05, 4.69) is 27.3 Å². The van der Waals surface area contributed by atoms with Crippen LogP contribution in [0.25, 0.3) is 0 Å². The Balaban J connectivity index is 1.71. The molecule has 32 heavy (non-hydrogen) atoms. The van der Waals surface area contributed by atoms with Gasteiger partial charge in [-0.25, -0.2) is 0 Å². The smallest absolute Gasteiger partial charge is 0.261 e. The molecule has 5 nitrogen and oxygen atoms in total. The van der Waals surface area contributed by atoms with Gasteiger partial charge in [0.15, 0.2) is 6.61 Å². The molecule has 1 N–H and O–H groups in total. The molecule has 1 fully saturated rings. The van der Waals surface area contributed by atoms with Crippen LogP contribution < -0.4 is 10.1 Å². The SMILES string of the molecule is Cc1cc(C)cc(OCC(=O)N(Cc2ccc(Br)cc2)[C@@H](C)C(=O)NC2CCCCC2)c1. The lowest BCUT2D eigenvalue weighted by molar-refractivity contribution is -0.142. The first-order chi connectivity index (χ1) is 15.3. The van der Waals surface area contributed by atoms with E-state index in [0.717, 1.165) is 46.8 Å². The summed E-state index contributed by atoms with van der Waals surface area (Å²) in [6.45, 7) is 6.03. The molecule has 0 saturated heterocycles. The third-order valence-electron chi connectivity index (χ3n) is 5.94. The molecule has 2 aromatic carbocycles. The van der Waals surface area contributed by atoms with Crippen LogP contribution in [0.1, 0.15) is 55.7 Å². The first kappa shape index (κ1) is 24.3. The minimum absolute atomic E-state index is 0.103. The number of benzene rings is 2. The summed E-state index contributed by atoms with van der Waals surface area (Å²) in [6.07, 6.45) is 5.53. The molecule has 2 aromatic rings. The van der Waals surface area contributed by atoms with Crippen molar-refractivity contribution in [2.45, 2.75) is 71.5 Å². The fourth-order valence-electron chi connectivity index (χ4n) is 4.18. The number of amides is 2. The molecule has 0 heterocycles. The van der Waals surface area contributed by atoms with Crippen LogP contribution >= 0.6 is 15.9 Å². The zero-order chi connectivity index (χ0) is 23.1. The Bertz CT molecular complexity index is 903. The number of halogens is 1. The quantitative estimate of drug-likeness (QED) is 0.534. The maximum atomic E-state index is 13.2. The Hall–Kier alpha value is -2.34. The molecule has 0 radical (unpaired) electrons. The van der Waals surface area contributed by atoms with Crippen LogP contribution in [-0.4, -0.2) is 35.4 Å². The minimum atomic E-state index is -0.587. The highest BCUT2D eigenvalue weighted by Gasteiger charge is 2.28. The summed E-state index contributed by atoms with van der Waals surface area (Å²) in [6, 6.07) is 13.3. The molecule has 1 aliphatic carbocycles. The number of nitrogens with zero attached hydrogens (tertiary/aromatic N) is 1. The Labute approximate surface area is 199 Å². The first-order valence-corrected chi connectivity index (χ1v) is 12.2. The van der Waals surface area contributed by atoms with Crippen molar-refractivity contribution < 1.29 is 14.3 Å². The lowest BCUT2D eigenvalue weighted by Crippen LogP contribution is -2.51. The highest BCUT2D eigenvalue weighted by Crippen LogP contribution is 2.20. The number of ether oxygens (including phenoxy) is 1. The van der Waals surface area contributed by atoms with Gasteiger partial charge in [0, 0.05) is 17.1 Å². The zero-order valence-corrected chi connectivity index (χ0v) is 20.8. The molecule has 6 heteroatoms. The van der Waals surface area contributed by atoms with Crippen LogP contribution in [0.5, 0.6) is 5.75 Å². The van der Waals surface area contributed by atoms with Gasteiger partial charge in [-0.2, -0.15) is 0 Å².